The maximum atomic E-state index is 12.2. The van der Waals surface area contributed by atoms with Crippen LogP contribution in [0.4, 0.5) is 0 Å². The summed E-state index contributed by atoms with van der Waals surface area (Å²) in [4.78, 5) is 28.1. The number of carbonyl (C=O) groups excluding carboxylic acids is 2. The lowest BCUT2D eigenvalue weighted by molar-refractivity contribution is -0.149. The predicted molar refractivity (Wildman–Crippen MR) is 71.1 cm³/mol. The van der Waals surface area contributed by atoms with Gasteiger partial charge in [0.2, 0.25) is 0 Å². The van der Waals surface area contributed by atoms with Crippen LogP contribution in [0.25, 0.3) is 0 Å². The normalized spacial score (nSPS) is 30.8. The van der Waals surface area contributed by atoms with Gasteiger partial charge in [-0.3, -0.25) is 9.59 Å². The monoisotopic (exact) mass is 282 g/mol. The molecule has 0 spiro atoms. The SMILES string of the molecule is O=C([C@@H]1CCCO1)N1CCN(C(=O)[C@@H]2CCCO2)CC1. The number of amides is 2. The highest BCUT2D eigenvalue weighted by molar-refractivity contribution is 5.83. The average Bonchev–Trinajstić information content (AvgIpc) is 3.18. The van der Waals surface area contributed by atoms with Crippen LogP contribution in [0.1, 0.15) is 25.7 Å². The zero-order chi connectivity index (χ0) is 13.9. The van der Waals surface area contributed by atoms with E-state index in [2.05, 4.69) is 0 Å². The van der Waals surface area contributed by atoms with Gasteiger partial charge in [-0.05, 0) is 25.7 Å². The summed E-state index contributed by atoms with van der Waals surface area (Å²) in [5.74, 6) is 0.179. The van der Waals surface area contributed by atoms with Crippen LogP contribution in [-0.4, -0.2) is 73.2 Å². The molecular weight excluding hydrogens is 260 g/mol. The lowest BCUT2D eigenvalue weighted by Gasteiger charge is -2.36. The van der Waals surface area contributed by atoms with Gasteiger partial charge in [0.05, 0.1) is 0 Å². The van der Waals surface area contributed by atoms with Crippen molar-refractivity contribution in [3.05, 3.63) is 0 Å². The molecule has 20 heavy (non-hydrogen) atoms. The molecular formula is C14H22N2O4. The minimum atomic E-state index is -0.254. The van der Waals surface area contributed by atoms with E-state index in [4.69, 9.17) is 9.47 Å². The number of carbonyl (C=O) groups is 2. The van der Waals surface area contributed by atoms with Crippen molar-refractivity contribution in [1.29, 1.82) is 0 Å². The molecule has 3 aliphatic heterocycles. The quantitative estimate of drug-likeness (QED) is 0.716. The number of rotatable bonds is 2. The Hall–Kier alpha value is -1.14. The fourth-order valence-electron chi connectivity index (χ4n) is 3.10. The Morgan fingerprint density at radius 2 is 1.15 bits per heavy atom. The van der Waals surface area contributed by atoms with E-state index < -0.39 is 0 Å². The van der Waals surface area contributed by atoms with Gasteiger partial charge in [-0.1, -0.05) is 0 Å². The van der Waals surface area contributed by atoms with Gasteiger partial charge in [-0.2, -0.15) is 0 Å². The van der Waals surface area contributed by atoms with Crippen LogP contribution in [0.5, 0.6) is 0 Å². The summed E-state index contributed by atoms with van der Waals surface area (Å²) in [5.41, 5.74) is 0. The van der Waals surface area contributed by atoms with E-state index in [1.807, 2.05) is 9.80 Å². The first-order valence-corrected chi connectivity index (χ1v) is 7.56. The highest BCUT2D eigenvalue weighted by atomic mass is 16.5. The fraction of sp³-hybridized carbons (Fsp3) is 0.857. The fourth-order valence-corrected chi connectivity index (χ4v) is 3.10. The second-order valence-electron chi connectivity index (χ2n) is 5.65. The van der Waals surface area contributed by atoms with Gasteiger partial charge in [0.25, 0.3) is 11.8 Å². The molecule has 3 heterocycles. The molecule has 0 aromatic heterocycles. The number of hydrogen-bond acceptors (Lipinski definition) is 4. The number of nitrogens with zero attached hydrogens (tertiary/aromatic N) is 2. The van der Waals surface area contributed by atoms with Crippen LogP contribution in [0.3, 0.4) is 0 Å². The molecule has 0 aliphatic carbocycles. The summed E-state index contributed by atoms with van der Waals surface area (Å²) in [7, 11) is 0. The van der Waals surface area contributed by atoms with Gasteiger partial charge in [0.1, 0.15) is 12.2 Å². The van der Waals surface area contributed by atoms with Crippen molar-refractivity contribution in [2.45, 2.75) is 37.9 Å². The topological polar surface area (TPSA) is 59.1 Å². The van der Waals surface area contributed by atoms with Crippen molar-refractivity contribution in [3.63, 3.8) is 0 Å². The highest BCUT2D eigenvalue weighted by Gasteiger charge is 2.34. The van der Waals surface area contributed by atoms with Gasteiger partial charge in [0, 0.05) is 39.4 Å². The summed E-state index contributed by atoms with van der Waals surface area (Å²) in [5, 5.41) is 0. The third-order valence-electron chi connectivity index (χ3n) is 4.31. The maximum absolute atomic E-state index is 12.2. The van der Waals surface area contributed by atoms with Gasteiger partial charge < -0.3 is 19.3 Å². The molecule has 0 N–H and O–H groups in total. The van der Waals surface area contributed by atoms with Gasteiger partial charge >= 0.3 is 0 Å². The van der Waals surface area contributed by atoms with Crippen molar-refractivity contribution in [3.8, 4) is 0 Å². The van der Waals surface area contributed by atoms with E-state index in [0.29, 0.717) is 39.4 Å². The Morgan fingerprint density at radius 3 is 1.45 bits per heavy atom. The summed E-state index contributed by atoms with van der Waals surface area (Å²) in [6.07, 6.45) is 3.08. The van der Waals surface area contributed by atoms with Crippen LogP contribution in [0, 0.1) is 0 Å². The van der Waals surface area contributed by atoms with E-state index in [9.17, 15) is 9.59 Å². The van der Waals surface area contributed by atoms with E-state index in [1.165, 1.54) is 0 Å². The summed E-state index contributed by atoms with van der Waals surface area (Å²) < 4.78 is 10.9. The maximum Gasteiger partial charge on any atom is 0.251 e. The first-order valence-electron chi connectivity index (χ1n) is 7.56. The largest absolute Gasteiger partial charge is 0.368 e. The number of hydrogen-bond donors (Lipinski definition) is 0. The van der Waals surface area contributed by atoms with E-state index in [-0.39, 0.29) is 24.0 Å². The van der Waals surface area contributed by atoms with Crippen molar-refractivity contribution in [2.24, 2.45) is 0 Å². The first kappa shape index (κ1) is 13.8. The molecule has 3 fully saturated rings. The molecule has 3 saturated heterocycles. The Balaban J connectivity index is 1.48. The molecule has 2 amide bonds. The predicted octanol–water partition coefficient (Wildman–Crippen LogP) is 0.0152. The molecule has 0 aromatic rings. The second kappa shape index (κ2) is 6.10. The molecule has 112 valence electrons. The highest BCUT2D eigenvalue weighted by Crippen LogP contribution is 2.18. The average molecular weight is 282 g/mol. The van der Waals surface area contributed by atoms with Crippen LogP contribution in [0.2, 0.25) is 0 Å². The second-order valence-corrected chi connectivity index (χ2v) is 5.65. The van der Waals surface area contributed by atoms with Crippen molar-refractivity contribution in [1.82, 2.24) is 9.80 Å². The van der Waals surface area contributed by atoms with E-state index >= 15 is 0 Å². The van der Waals surface area contributed by atoms with Gasteiger partial charge in [-0.15, -0.1) is 0 Å². The zero-order valence-electron chi connectivity index (χ0n) is 11.8. The van der Waals surface area contributed by atoms with Crippen LogP contribution < -0.4 is 0 Å². The minimum absolute atomic E-state index is 0.0896. The van der Waals surface area contributed by atoms with E-state index in [1.54, 1.807) is 0 Å². The minimum Gasteiger partial charge on any atom is -0.368 e. The molecule has 3 rings (SSSR count). The molecule has 0 radical (unpaired) electrons. The van der Waals surface area contributed by atoms with Gasteiger partial charge in [0.15, 0.2) is 0 Å². The summed E-state index contributed by atoms with van der Waals surface area (Å²) >= 11 is 0. The molecule has 0 bridgehead atoms. The van der Waals surface area contributed by atoms with Crippen molar-refractivity contribution >= 4 is 11.8 Å². The zero-order valence-corrected chi connectivity index (χ0v) is 11.8. The molecule has 2 atom stereocenters. The Morgan fingerprint density at radius 1 is 0.750 bits per heavy atom. The first-order chi connectivity index (χ1) is 9.75. The summed E-state index contributed by atoms with van der Waals surface area (Å²) in [6, 6.07) is 0. The Kier molecular flexibility index (Phi) is 4.21. The molecule has 6 nitrogen and oxygen atoms in total. The number of piperazine rings is 1. The Labute approximate surface area is 119 Å². The van der Waals surface area contributed by atoms with Crippen LogP contribution >= 0.6 is 0 Å². The molecule has 0 aromatic carbocycles. The molecule has 0 saturated carbocycles. The molecule has 3 aliphatic rings. The Bertz CT molecular complexity index is 331. The van der Waals surface area contributed by atoms with Crippen LogP contribution in [0.15, 0.2) is 0 Å². The van der Waals surface area contributed by atoms with Crippen molar-refractivity contribution < 1.29 is 19.1 Å². The lowest BCUT2D eigenvalue weighted by atomic mass is 10.1. The van der Waals surface area contributed by atoms with Crippen LogP contribution in [-0.2, 0) is 19.1 Å². The third-order valence-corrected chi connectivity index (χ3v) is 4.31. The summed E-state index contributed by atoms with van der Waals surface area (Å²) in [6.45, 7) is 3.81. The standard InChI is InChI=1S/C14H22N2O4/c17-13(11-3-1-9-19-11)15-5-7-16(8-6-15)14(18)12-4-2-10-20-12/h11-12H,1-10H2/t11-,12-/m0/s1. The van der Waals surface area contributed by atoms with E-state index in [0.717, 1.165) is 25.7 Å². The number of ether oxygens (including phenoxy) is 2. The molecule has 0 unspecified atom stereocenters. The smallest absolute Gasteiger partial charge is 0.251 e. The van der Waals surface area contributed by atoms with Crippen molar-refractivity contribution in [2.75, 3.05) is 39.4 Å². The lowest BCUT2D eigenvalue weighted by Crippen LogP contribution is -2.54. The van der Waals surface area contributed by atoms with Gasteiger partial charge in [-0.25, -0.2) is 0 Å². The molecule has 6 heteroatoms. The third kappa shape index (κ3) is 2.81.